The molecule has 16 heavy (non-hydrogen) atoms. The van der Waals surface area contributed by atoms with Gasteiger partial charge in [-0.2, -0.15) is 0 Å². The van der Waals surface area contributed by atoms with Crippen LogP contribution in [0.3, 0.4) is 0 Å². The van der Waals surface area contributed by atoms with Gasteiger partial charge in [0.05, 0.1) is 0 Å². The Bertz CT molecular complexity index is 212. The van der Waals surface area contributed by atoms with Crippen molar-refractivity contribution in [2.75, 3.05) is 0 Å². The summed E-state index contributed by atoms with van der Waals surface area (Å²) in [7, 11) is -16.9. The molecule has 94 valence electrons. The van der Waals surface area contributed by atoms with Crippen molar-refractivity contribution in [2.45, 2.75) is 0 Å². The molecular formula is F3O9P3U. The van der Waals surface area contributed by atoms with Crippen molar-refractivity contribution in [1.82, 2.24) is 0 Å². The molecule has 0 N–H and O–H groups in total. The maximum Gasteiger partial charge on any atom is 6.00 e. The van der Waals surface area contributed by atoms with Crippen LogP contribution in [0.25, 0.3) is 0 Å². The van der Waals surface area contributed by atoms with Gasteiger partial charge in [-0.25, -0.2) is 12.6 Å². The molecule has 0 saturated heterocycles. The molecule has 16 heteroatoms. The van der Waals surface area contributed by atoms with E-state index in [2.05, 4.69) is 0 Å². The second kappa shape index (κ2) is 10.2. The van der Waals surface area contributed by atoms with Crippen molar-refractivity contribution in [2.24, 2.45) is 0 Å². The normalized spacial score (nSPS) is 11.1. The van der Waals surface area contributed by atoms with Gasteiger partial charge in [-0.05, 0) is 0 Å². The first kappa shape index (κ1) is 26.0. The van der Waals surface area contributed by atoms with Gasteiger partial charge in [-0.3, -0.25) is 0 Å². The monoisotopic (exact) mass is 532 g/mol. The molecule has 0 aromatic rings. The van der Waals surface area contributed by atoms with E-state index in [4.69, 9.17) is 43.1 Å². The Labute approximate surface area is 110 Å². The van der Waals surface area contributed by atoms with Crippen molar-refractivity contribution in [3.63, 3.8) is 0 Å². The molecule has 0 atom stereocenters. The molecule has 0 aliphatic carbocycles. The summed E-state index contributed by atoms with van der Waals surface area (Å²) in [6, 6.07) is 0. The average molecular weight is 532 g/mol. The smallest absolute Gasteiger partial charge is 0.786 e. The number of rotatable bonds is 0. The standard InChI is InChI=1S/3FH2O3P.U/c3*1-5(2,3)4;/h3*(H2,2,3,4);/q;;;+6/p-6. The van der Waals surface area contributed by atoms with Crippen molar-refractivity contribution >= 4 is 23.7 Å². The van der Waals surface area contributed by atoms with Gasteiger partial charge in [0.2, 0.25) is 0 Å². The predicted octanol–water partition coefficient (Wildman–Crippen LogP) is -3.65. The van der Waals surface area contributed by atoms with Crippen LogP contribution in [-0.2, 0) is 13.7 Å². The van der Waals surface area contributed by atoms with Gasteiger partial charge in [-0.1, -0.05) is 0 Å². The van der Waals surface area contributed by atoms with Crippen LogP contribution in [0.5, 0.6) is 0 Å². The fourth-order valence-corrected chi connectivity index (χ4v) is 0. The fraction of sp³-hybridized carbons (Fsp3) is 0. The van der Waals surface area contributed by atoms with Gasteiger partial charge in [-0.15, -0.1) is 0 Å². The molecule has 0 unspecified atom stereocenters. The fourth-order valence-electron chi connectivity index (χ4n) is 0. The van der Waals surface area contributed by atoms with E-state index in [1.807, 2.05) is 0 Å². The van der Waals surface area contributed by atoms with E-state index < -0.39 is 23.7 Å². The van der Waals surface area contributed by atoms with E-state index in [1.54, 1.807) is 0 Å². The van der Waals surface area contributed by atoms with E-state index in [-0.39, 0.29) is 31.1 Å². The van der Waals surface area contributed by atoms with Crippen molar-refractivity contribution < 1.29 is 86.8 Å². The van der Waals surface area contributed by atoms with Crippen LogP contribution < -0.4 is 29.4 Å². The summed E-state index contributed by atoms with van der Waals surface area (Å²) < 4.78 is 55.7. The minimum absolute atomic E-state index is 0. The maximum absolute atomic E-state index is 10.1. The largest absolute Gasteiger partial charge is 6.00 e. The summed E-state index contributed by atoms with van der Waals surface area (Å²) in [6.45, 7) is 0. The molecule has 0 fully saturated rings. The topological polar surface area (TPSA) is 190 Å². The van der Waals surface area contributed by atoms with Crippen LogP contribution in [0.15, 0.2) is 0 Å². The zero-order valence-electron chi connectivity index (χ0n) is 6.65. The third-order valence-electron chi connectivity index (χ3n) is 0. The Morgan fingerprint density at radius 3 is 0.562 bits per heavy atom. The van der Waals surface area contributed by atoms with E-state index >= 15 is 0 Å². The third kappa shape index (κ3) is 1870. The summed E-state index contributed by atoms with van der Waals surface area (Å²) in [4.78, 5) is 50.6. The Kier molecular flexibility index (Phi) is 16.6. The van der Waals surface area contributed by atoms with Gasteiger partial charge in [0.1, 0.15) is 23.7 Å². The van der Waals surface area contributed by atoms with Crippen LogP contribution in [0.4, 0.5) is 12.6 Å². The average Bonchev–Trinajstić information content (AvgIpc) is 1.41. The molecule has 0 aromatic heterocycles. The molecule has 0 rings (SSSR count). The van der Waals surface area contributed by atoms with Crippen LogP contribution in [0, 0.1) is 31.1 Å². The van der Waals surface area contributed by atoms with Crippen LogP contribution in [0.1, 0.15) is 0 Å². The second-order valence-corrected chi connectivity index (χ2v) is 3.88. The summed E-state index contributed by atoms with van der Waals surface area (Å²) in [5.74, 6) is 0. The Morgan fingerprint density at radius 1 is 0.562 bits per heavy atom. The number of halogens is 3. The van der Waals surface area contributed by atoms with Gasteiger partial charge < -0.3 is 43.1 Å². The molecule has 9 nitrogen and oxygen atoms in total. The predicted molar refractivity (Wildman–Crippen MR) is 26.1 cm³/mol. The minimum atomic E-state index is -5.64. The summed E-state index contributed by atoms with van der Waals surface area (Å²) in [5, 5.41) is 0. The van der Waals surface area contributed by atoms with Gasteiger partial charge in [0.25, 0.3) is 0 Å². The molecule has 0 spiro atoms. The molecule has 0 bridgehead atoms. The Balaban J connectivity index is -0.0000000655. The molecule has 0 heterocycles. The van der Waals surface area contributed by atoms with Gasteiger partial charge >= 0.3 is 31.1 Å². The minimum Gasteiger partial charge on any atom is -0.786 e. The zero-order chi connectivity index (χ0) is 13.5. The van der Waals surface area contributed by atoms with Gasteiger partial charge in [0, 0.05) is 0 Å². The molecular weight excluding hydrogens is 532 g/mol. The second-order valence-electron chi connectivity index (χ2n) is 1.29. The van der Waals surface area contributed by atoms with Crippen LogP contribution in [-0.4, -0.2) is 0 Å². The molecule has 0 saturated carbocycles. The Morgan fingerprint density at radius 2 is 0.562 bits per heavy atom. The van der Waals surface area contributed by atoms with Crippen molar-refractivity contribution in [3.05, 3.63) is 0 Å². The third-order valence-corrected chi connectivity index (χ3v) is 0. The zero-order valence-corrected chi connectivity index (χ0v) is 13.5. The van der Waals surface area contributed by atoms with Crippen LogP contribution in [0.2, 0.25) is 0 Å². The van der Waals surface area contributed by atoms with Crippen molar-refractivity contribution in [1.29, 1.82) is 0 Å². The first-order valence-corrected chi connectivity index (χ1v) is 6.45. The molecule has 0 aliphatic heterocycles. The maximum atomic E-state index is 10.1. The molecule has 0 aliphatic rings. The molecule has 0 amide bonds. The van der Waals surface area contributed by atoms with E-state index in [0.717, 1.165) is 0 Å². The molecule has 0 radical (unpaired) electrons. The first-order valence-electron chi connectivity index (χ1n) is 2.15. The van der Waals surface area contributed by atoms with Crippen LogP contribution >= 0.6 is 23.7 Å². The molecule has 0 aromatic carbocycles. The van der Waals surface area contributed by atoms with Crippen molar-refractivity contribution in [3.8, 4) is 0 Å². The first-order chi connectivity index (χ1) is 6.00. The number of hydrogen-bond acceptors (Lipinski definition) is 9. The van der Waals surface area contributed by atoms with E-state index in [9.17, 15) is 12.6 Å². The summed E-state index contributed by atoms with van der Waals surface area (Å²) in [6.07, 6.45) is 0. The van der Waals surface area contributed by atoms with Gasteiger partial charge in [0.15, 0.2) is 0 Å². The van der Waals surface area contributed by atoms with E-state index in [0.29, 0.717) is 0 Å². The SMILES string of the molecule is O=P([O-])([O-])F.O=P([O-])([O-])F.O=P([O-])([O-])F.[U+6]. The quantitative estimate of drug-likeness (QED) is 0.284. The number of hydrogen-bond donors (Lipinski definition) is 0. The summed E-state index contributed by atoms with van der Waals surface area (Å²) >= 11 is 0. The van der Waals surface area contributed by atoms with E-state index in [1.165, 1.54) is 0 Å². The summed E-state index contributed by atoms with van der Waals surface area (Å²) in [5.41, 5.74) is 0. The Hall–Kier alpha value is 1.29.